The van der Waals surface area contributed by atoms with E-state index in [-0.39, 0.29) is 11.5 Å². The molecule has 1 heterocycles. The van der Waals surface area contributed by atoms with E-state index in [0.717, 1.165) is 43.1 Å². The van der Waals surface area contributed by atoms with E-state index in [0.29, 0.717) is 17.0 Å². The standard InChI is InChI=1S/C26H35NO5S/c1-31-22-12-15-24(16-13-22)33(29,30)27-20-21(25-17-14-23(32-2)19-26(25)27)11-9-7-5-3-4-6-8-10-18-28/h12-17,19-20,28H,3-11,18H2,1-2H3. The number of ether oxygens (including phenoxy) is 2. The fourth-order valence-corrected chi connectivity index (χ4v) is 5.50. The first-order valence-corrected chi connectivity index (χ1v) is 13.1. The zero-order chi connectivity index (χ0) is 23.7. The molecule has 0 fully saturated rings. The van der Waals surface area contributed by atoms with Crippen molar-refractivity contribution in [3.05, 3.63) is 54.2 Å². The Hall–Kier alpha value is -2.51. The van der Waals surface area contributed by atoms with Crippen LogP contribution in [0.5, 0.6) is 11.5 Å². The molecule has 0 saturated heterocycles. The highest BCUT2D eigenvalue weighted by Crippen LogP contribution is 2.30. The van der Waals surface area contributed by atoms with Crippen molar-refractivity contribution in [3.8, 4) is 11.5 Å². The number of aliphatic hydroxyl groups excluding tert-OH is 1. The maximum atomic E-state index is 13.4. The number of rotatable bonds is 14. The molecule has 3 rings (SSSR count). The van der Waals surface area contributed by atoms with Crippen molar-refractivity contribution in [2.24, 2.45) is 0 Å². The number of methoxy groups -OCH3 is 2. The molecule has 0 spiro atoms. The molecule has 33 heavy (non-hydrogen) atoms. The first-order chi connectivity index (χ1) is 16.0. The van der Waals surface area contributed by atoms with Crippen molar-refractivity contribution in [2.75, 3.05) is 20.8 Å². The van der Waals surface area contributed by atoms with Gasteiger partial charge in [0, 0.05) is 24.3 Å². The Bertz CT molecular complexity index is 1120. The molecule has 0 radical (unpaired) electrons. The monoisotopic (exact) mass is 473 g/mol. The van der Waals surface area contributed by atoms with E-state index in [1.54, 1.807) is 50.7 Å². The lowest BCUT2D eigenvalue weighted by atomic mass is 10.0. The van der Waals surface area contributed by atoms with Gasteiger partial charge in [0.1, 0.15) is 11.5 Å². The fourth-order valence-electron chi connectivity index (χ4n) is 4.12. The summed E-state index contributed by atoms with van der Waals surface area (Å²) in [6.45, 7) is 0.285. The molecular weight excluding hydrogens is 438 g/mol. The molecule has 1 aromatic heterocycles. The second kappa shape index (κ2) is 12.1. The summed E-state index contributed by atoms with van der Waals surface area (Å²) >= 11 is 0. The molecule has 0 bridgehead atoms. The summed E-state index contributed by atoms with van der Waals surface area (Å²) in [7, 11) is -0.622. The van der Waals surface area contributed by atoms with Crippen LogP contribution in [0.25, 0.3) is 10.9 Å². The van der Waals surface area contributed by atoms with Gasteiger partial charge in [0.05, 0.1) is 24.6 Å². The average molecular weight is 474 g/mol. The minimum Gasteiger partial charge on any atom is -0.497 e. The van der Waals surface area contributed by atoms with Gasteiger partial charge in [-0.2, -0.15) is 0 Å². The number of hydrogen-bond donors (Lipinski definition) is 1. The molecule has 0 aliphatic rings. The Kier molecular flexibility index (Phi) is 9.21. The summed E-state index contributed by atoms with van der Waals surface area (Å²) in [5.74, 6) is 1.24. The first-order valence-electron chi connectivity index (χ1n) is 11.7. The van der Waals surface area contributed by atoms with E-state index >= 15 is 0 Å². The molecule has 0 atom stereocenters. The van der Waals surface area contributed by atoms with Crippen molar-refractivity contribution in [1.82, 2.24) is 3.97 Å². The second-order valence-corrected chi connectivity index (χ2v) is 10.1. The van der Waals surface area contributed by atoms with Crippen molar-refractivity contribution >= 4 is 20.9 Å². The molecular formula is C26H35NO5S. The Balaban J connectivity index is 1.75. The number of hydrogen-bond acceptors (Lipinski definition) is 5. The lowest BCUT2D eigenvalue weighted by molar-refractivity contribution is 0.282. The highest BCUT2D eigenvalue weighted by molar-refractivity contribution is 7.90. The van der Waals surface area contributed by atoms with Crippen LogP contribution in [-0.4, -0.2) is 38.3 Å². The van der Waals surface area contributed by atoms with Gasteiger partial charge in [0.25, 0.3) is 10.0 Å². The molecule has 2 aromatic carbocycles. The van der Waals surface area contributed by atoms with Gasteiger partial charge in [-0.05, 0) is 61.2 Å². The fraction of sp³-hybridized carbons (Fsp3) is 0.462. The van der Waals surface area contributed by atoms with Crippen LogP contribution in [-0.2, 0) is 16.4 Å². The molecule has 1 N–H and O–H groups in total. The van der Waals surface area contributed by atoms with E-state index in [1.165, 1.54) is 29.7 Å². The van der Waals surface area contributed by atoms with Gasteiger partial charge in [0.2, 0.25) is 0 Å². The third-order valence-electron chi connectivity index (χ3n) is 6.03. The van der Waals surface area contributed by atoms with Crippen molar-refractivity contribution < 1.29 is 23.0 Å². The van der Waals surface area contributed by atoms with Crippen LogP contribution in [0, 0.1) is 0 Å². The Morgan fingerprint density at radius 1 is 0.788 bits per heavy atom. The molecule has 0 aliphatic heterocycles. The predicted molar refractivity (Wildman–Crippen MR) is 132 cm³/mol. The topological polar surface area (TPSA) is 77.8 Å². The van der Waals surface area contributed by atoms with E-state index < -0.39 is 10.0 Å². The molecule has 3 aromatic rings. The number of fused-ring (bicyclic) bond motifs is 1. The maximum absolute atomic E-state index is 13.4. The van der Waals surface area contributed by atoms with Crippen LogP contribution in [0.1, 0.15) is 56.9 Å². The highest BCUT2D eigenvalue weighted by atomic mass is 32.2. The third-order valence-corrected chi connectivity index (χ3v) is 7.72. The molecule has 0 saturated carbocycles. The van der Waals surface area contributed by atoms with E-state index in [4.69, 9.17) is 14.6 Å². The van der Waals surface area contributed by atoms with Crippen LogP contribution in [0.15, 0.2) is 53.6 Å². The average Bonchev–Trinajstić information content (AvgIpc) is 3.21. The van der Waals surface area contributed by atoms with Crippen LogP contribution >= 0.6 is 0 Å². The van der Waals surface area contributed by atoms with Gasteiger partial charge in [-0.3, -0.25) is 0 Å². The molecule has 0 aliphatic carbocycles. The summed E-state index contributed by atoms with van der Waals surface area (Å²) in [5.41, 5.74) is 1.66. The third kappa shape index (κ3) is 6.30. The number of unbranched alkanes of at least 4 members (excludes halogenated alkanes) is 7. The van der Waals surface area contributed by atoms with Gasteiger partial charge in [-0.15, -0.1) is 0 Å². The summed E-state index contributed by atoms with van der Waals surface area (Å²) in [6.07, 6.45) is 11.5. The summed E-state index contributed by atoms with van der Waals surface area (Å²) in [5, 5.41) is 9.78. The molecule has 180 valence electrons. The molecule has 0 amide bonds. The van der Waals surface area contributed by atoms with Crippen molar-refractivity contribution in [3.63, 3.8) is 0 Å². The number of aromatic nitrogens is 1. The van der Waals surface area contributed by atoms with Crippen LogP contribution < -0.4 is 9.47 Å². The highest BCUT2D eigenvalue weighted by Gasteiger charge is 2.21. The van der Waals surface area contributed by atoms with Crippen molar-refractivity contribution in [1.29, 1.82) is 0 Å². The molecule has 6 nitrogen and oxygen atoms in total. The van der Waals surface area contributed by atoms with Gasteiger partial charge >= 0.3 is 0 Å². The summed E-state index contributed by atoms with van der Waals surface area (Å²) in [4.78, 5) is 0.218. The minimum atomic E-state index is -3.76. The lowest BCUT2D eigenvalue weighted by Crippen LogP contribution is -2.11. The SMILES string of the molecule is COc1ccc(S(=O)(=O)n2cc(CCCCCCCCCCO)c3ccc(OC)cc32)cc1. The number of nitrogens with zero attached hydrogens (tertiary/aromatic N) is 1. The van der Waals surface area contributed by atoms with E-state index in [2.05, 4.69) is 0 Å². The zero-order valence-corrected chi connectivity index (χ0v) is 20.4. The number of benzene rings is 2. The Labute approximate surface area is 197 Å². The summed E-state index contributed by atoms with van der Waals surface area (Å²) < 4.78 is 38.8. The molecule has 7 heteroatoms. The minimum absolute atomic E-state index is 0.218. The molecule has 0 unspecified atom stereocenters. The Morgan fingerprint density at radius 3 is 1.97 bits per heavy atom. The number of aliphatic hydroxyl groups is 1. The van der Waals surface area contributed by atoms with Gasteiger partial charge in [-0.25, -0.2) is 12.4 Å². The van der Waals surface area contributed by atoms with Crippen LogP contribution in [0.4, 0.5) is 0 Å². The quantitative estimate of drug-likeness (QED) is 0.311. The van der Waals surface area contributed by atoms with Gasteiger partial charge in [-0.1, -0.05) is 38.5 Å². The zero-order valence-electron chi connectivity index (χ0n) is 19.6. The lowest BCUT2D eigenvalue weighted by Gasteiger charge is -2.09. The smallest absolute Gasteiger partial charge is 0.268 e. The Morgan fingerprint density at radius 2 is 1.36 bits per heavy atom. The van der Waals surface area contributed by atoms with E-state index in [9.17, 15) is 8.42 Å². The largest absolute Gasteiger partial charge is 0.497 e. The predicted octanol–water partition coefficient (Wildman–Crippen LogP) is 5.55. The van der Waals surface area contributed by atoms with Crippen LogP contribution in [0.2, 0.25) is 0 Å². The maximum Gasteiger partial charge on any atom is 0.268 e. The normalized spacial score (nSPS) is 11.7. The van der Waals surface area contributed by atoms with E-state index in [1.807, 2.05) is 12.1 Å². The van der Waals surface area contributed by atoms with Crippen LogP contribution in [0.3, 0.4) is 0 Å². The van der Waals surface area contributed by atoms with Crippen molar-refractivity contribution in [2.45, 2.75) is 62.7 Å². The van der Waals surface area contributed by atoms with Gasteiger partial charge < -0.3 is 14.6 Å². The second-order valence-electron chi connectivity index (χ2n) is 8.32. The summed E-state index contributed by atoms with van der Waals surface area (Å²) in [6, 6.07) is 12.1. The first kappa shape index (κ1) is 25.1. The number of aryl methyl sites for hydroxylation is 1. The van der Waals surface area contributed by atoms with Gasteiger partial charge in [0.15, 0.2) is 0 Å².